The predicted molar refractivity (Wildman–Crippen MR) is 119 cm³/mol. The summed E-state index contributed by atoms with van der Waals surface area (Å²) < 4.78 is 27.0. The van der Waals surface area contributed by atoms with Crippen LogP contribution in [0.4, 0.5) is 5.95 Å². The molecule has 1 saturated heterocycles. The van der Waals surface area contributed by atoms with Gasteiger partial charge in [-0.3, -0.25) is 15.1 Å². The standard InChI is InChI=1S/C22H25N5O3S/c1-26-20(16-7-4-3-5-8-16)14-24-22(26)25-21(28)17-10-11-19(23-13-17)18-9-6-12-27(15-18)31(2,29)30/h3-5,7-8,10-11,13-14,18H,6,9,12,15H2,1-2H3,(H,24,25,28)/t18-/m0/s1. The Kier molecular flexibility index (Phi) is 5.88. The Morgan fingerprint density at radius 2 is 1.87 bits per heavy atom. The second-order valence-electron chi connectivity index (χ2n) is 7.78. The molecule has 1 amide bonds. The van der Waals surface area contributed by atoms with Gasteiger partial charge in [0.25, 0.3) is 5.91 Å². The van der Waals surface area contributed by atoms with Crippen molar-refractivity contribution in [3.63, 3.8) is 0 Å². The van der Waals surface area contributed by atoms with Crippen LogP contribution >= 0.6 is 0 Å². The van der Waals surface area contributed by atoms with E-state index in [0.717, 1.165) is 29.8 Å². The third kappa shape index (κ3) is 4.67. The lowest BCUT2D eigenvalue weighted by molar-refractivity contribution is 0.102. The number of hydrogen-bond donors (Lipinski definition) is 1. The first-order valence-corrected chi connectivity index (χ1v) is 12.0. The van der Waals surface area contributed by atoms with Crippen LogP contribution in [0, 0.1) is 0 Å². The summed E-state index contributed by atoms with van der Waals surface area (Å²) in [6, 6.07) is 13.4. The van der Waals surface area contributed by atoms with Crippen molar-refractivity contribution < 1.29 is 13.2 Å². The van der Waals surface area contributed by atoms with E-state index in [1.54, 1.807) is 18.3 Å². The molecule has 3 aromatic rings. The molecule has 1 aliphatic heterocycles. The van der Waals surface area contributed by atoms with Gasteiger partial charge in [-0.2, -0.15) is 0 Å². The number of nitrogens with one attached hydrogen (secondary N) is 1. The van der Waals surface area contributed by atoms with Gasteiger partial charge in [-0.1, -0.05) is 30.3 Å². The zero-order chi connectivity index (χ0) is 22.0. The van der Waals surface area contributed by atoms with E-state index in [4.69, 9.17) is 0 Å². The smallest absolute Gasteiger partial charge is 0.259 e. The molecule has 9 heteroatoms. The molecule has 0 unspecified atom stereocenters. The largest absolute Gasteiger partial charge is 0.313 e. The second kappa shape index (κ2) is 8.60. The maximum Gasteiger partial charge on any atom is 0.259 e. The fourth-order valence-corrected chi connectivity index (χ4v) is 4.75. The fraction of sp³-hybridized carbons (Fsp3) is 0.318. The lowest BCUT2D eigenvalue weighted by Gasteiger charge is -2.30. The minimum absolute atomic E-state index is 0.0311. The van der Waals surface area contributed by atoms with Crippen molar-refractivity contribution in [2.75, 3.05) is 24.7 Å². The molecule has 4 rings (SSSR count). The molecule has 31 heavy (non-hydrogen) atoms. The van der Waals surface area contributed by atoms with E-state index in [9.17, 15) is 13.2 Å². The zero-order valence-electron chi connectivity index (χ0n) is 17.5. The van der Waals surface area contributed by atoms with Crippen molar-refractivity contribution in [1.29, 1.82) is 0 Å². The normalized spacial score (nSPS) is 17.4. The summed E-state index contributed by atoms with van der Waals surface area (Å²) in [6.45, 7) is 0.970. The summed E-state index contributed by atoms with van der Waals surface area (Å²) in [5, 5.41) is 2.83. The minimum atomic E-state index is -3.21. The number of carbonyl (C=O) groups excluding carboxylic acids is 1. The molecule has 0 aliphatic carbocycles. The summed E-state index contributed by atoms with van der Waals surface area (Å²) in [4.78, 5) is 21.5. The fourth-order valence-electron chi connectivity index (χ4n) is 3.84. The Morgan fingerprint density at radius 1 is 1.10 bits per heavy atom. The Hall–Kier alpha value is -3.04. The van der Waals surface area contributed by atoms with Crippen LogP contribution in [0.15, 0.2) is 54.9 Å². The summed E-state index contributed by atoms with van der Waals surface area (Å²) >= 11 is 0. The summed E-state index contributed by atoms with van der Waals surface area (Å²) in [5.41, 5.74) is 3.13. The van der Waals surface area contributed by atoms with Crippen molar-refractivity contribution in [3.8, 4) is 11.3 Å². The Balaban J connectivity index is 1.45. The van der Waals surface area contributed by atoms with Crippen molar-refractivity contribution in [3.05, 3.63) is 66.1 Å². The van der Waals surface area contributed by atoms with Crippen LogP contribution in [0.3, 0.4) is 0 Å². The number of rotatable bonds is 5. The van der Waals surface area contributed by atoms with Gasteiger partial charge in [-0.05, 0) is 30.5 Å². The lowest BCUT2D eigenvalue weighted by atomic mass is 9.95. The first kappa shape index (κ1) is 21.2. The van der Waals surface area contributed by atoms with E-state index in [2.05, 4.69) is 15.3 Å². The second-order valence-corrected chi connectivity index (χ2v) is 9.76. The molecule has 162 valence electrons. The average molecular weight is 440 g/mol. The highest BCUT2D eigenvalue weighted by atomic mass is 32.2. The van der Waals surface area contributed by atoms with E-state index >= 15 is 0 Å². The molecule has 0 radical (unpaired) electrons. The molecule has 8 nitrogen and oxygen atoms in total. The number of carbonyl (C=O) groups is 1. The van der Waals surface area contributed by atoms with Gasteiger partial charge in [0.1, 0.15) is 0 Å². The quantitative estimate of drug-likeness (QED) is 0.659. The van der Waals surface area contributed by atoms with Crippen LogP contribution in [0.25, 0.3) is 11.3 Å². The number of benzene rings is 1. The van der Waals surface area contributed by atoms with E-state index in [-0.39, 0.29) is 11.8 Å². The van der Waals surface area contributed by atoms with E-state index in [1.807, 2.05) is 41.9 Å². The third-order valence-electron chi connectivity index (χ3n) is 5.60. The zero-order valence-corrected chi connectivity index (χ0v) is 18.3. The predicted octanol–water partition coefficient (Wildman–Crippen LogP) is 2.87. The van der Waals surface area contributed by atoms with Crippen molar-refractivity contribution in [2.24, 2.45) is 7.05 Å². The Labute approximate surface area is 182 Å². The van der Waals surface area contributed by atoms with Gasteiger partial charge in [0.05, 0.1) is 23.7 Å². The highest BCUT2D eigenvalue weighted by Gasteiger charge is 2.27. The molecule has 0 spiro atoms. The number of nitrogens with zero attached hydrogens (tertiary/aromatic N) is 4. The van der Waals surface area contributed by atoms with Gasteiger partial charge >= 0.3 is 0 Å². The van der Waals surface area contributed by atoms with E-state index in [0.29, 0.717) is 24.6 Å². The van der Waals surface area contributed by atoms with Crippen molar-refractivity contribution in [2.45, 2.75) is 18.8 Å². The molecule has 0 bridgehead atoms. The topological polar surface area (TPSA) is 97.2 Å². The molecule has 1 atom stereocenters. The van der Waals surface area contributed by atoms with Gasteiger partial charge in [0.2, 0.25) is 16.0 Å². The SMILES string of the molecule is Cn1c(-c2ccccc2)cnc1NC(=O)c1ccc([C@H]2CCCN(S(C)(=O)=O)C2)nc1. The van der Waals surface area contributed by atoms with E-state index in [1.165, 1.54) is 16.8 Å². The average Bonchev–Trinajstić information content (AvgIpc) is 3.14. The minimum Gasteiger partial charge on any atom is -0.313 e. The number of imidazole rings is 1. The number of amides is 1. The monoisotopic (exact) mass is 439 g/mol. The first-order chi connectivity index (χ1) is 14.8. The molecule has 1 aromatic carbocycles. The molecule has 2 aromatic heterocycles. The maximum absolute atomic E-state index is 12.7. The first-order valence-electron chi connectivity index (χ1n) is 10.1. The Bertz CT molecular complexity index is 1170. The number of hydrogen-bond acceptors (Lipinski definition) is 5. The van der Waals surface area contributed by atoms with Crippen molar-refractivity contribution >= 4 is 21.9 Å². The van der Waals surface area contributed by atoms with E-state index < -0.39 is 10.0 Å². The number of piperidine rings is 1. The molecule has 3 heterocycles. The van der Waals surface area contributed by atoms with Crippen LogP contribution in [0.5, 0.6) is 0 Å². The molecule has 0 saturated carbocycles. The van der Waals surface area contributed by atoms with Gasteiger partial charge in [0, 0.05) is 37.9 Å². The highest BCUT2D eigenvalue weighted by Crippen LogP contribution is 2.27. The molecular weight excluding hydrogens is 414 g/mol. The number of aromatic nitrogens is 3. The van der Waals surface area contributed by atoms with Gasteiger partial charge in [-0.25, -0.2) is 17.7 Å². The van der Waals surface area contributed by atoms with Crippen LogP contribution in [-0.2, 0) is 17.1 Å². The third-order valence-corrected chi connectivity index (χ3v) is 6.87. The van der Waals surface area contributed by atoms with Gasteiger partial charge < -0.3 is 4.57 Å². The summed E-state index contributed by atoms with van der Waals surface area (Å²) in [6.07, 6.45) is 6.16. The maximum atomic E-state index is 12.7. The van der Waals surface area contributed by atoms with Crippen LogP contribution in [0.2, 0.25) is 0 Å². The highest BCUT2D eigenvalue weighted by molar-refractivity contribution is 7.88. The molecule has 1 N–H and O–H groups in total. The van der Waals surface area contributed by atoms with Crippen LogP contribution < -0.4 is 5.32 Å². The van der Waals surface area contributed by atoms with Crippen molar-refractivity contribution in [1.82, 2.24) is 18.8 Å². The number of sulfonamides is 1. The number of pyridine rings is 1. The lowest BCUT2D eigenvalue weighted by Crippen LogP contribution is -2.38. The number of anilines is 1. The molecule has 1 aliphatic rings. The summed E-state index contributed by atoms with van der Waals surface area (Å²) in [5.74, 6) is 0.182. The van der Waals surface area contributed by atoms with Gasteiger partial charge in [0.15, 0.2) is 0 Å². The molecular formula is C22H25N5O3S. The van der Waals surface area contributed by atoms with Crippen LogP contribution in [0.1, 0.15) is 34.8 Å². The Morgan fingerprint density at radius 3 is 2.55 bits per heavy atom. The van der Waals surface area contributed by atoms with Crippen LogP contribution in [-0.4, -0.2) is 52.5 Å². The van der Waals surface area contributed by atoms with Gasteiger partial charge in [-0.15, -0.1) is 0 Å². The molecule has 1 fully saturated rings. The summed E-state index contributed by atoms with van der Waals surface area (Å²) in [7, 11) is -1.36.